The highest BCUT2D eigenvalue weighted by Gasteiger charge is 2.16. The van der Waals surface area contributed by atoms with Crippen LogP contribution in [0, 0.1) is 5.92 Å². The summed E-state index contributed by atoms with van der Waals surface area (Å²) in [6.07, 6.45) is -0.640. The zero-order chi connectivity index (χ0) is 19.0. The van der Waals surface area contributed by atoms with E-state index in [9.17, 15) is 14.4 Å². The van der Waals surface area contributed by atoms with E-state index < -0.39 is 11.7 Å². The van der Waals surface area contributed by atoms with Gasteiger partial charge in [-0.2, -0.15) is 0 Å². The maximum absolute atomic E-state index is 11.8. The Labute approximate surface area is 148 Å². The van der Waals surface area contributed by atoms with Crippen LogP contribution in [-0.2, 0) is 20.9 Å². The number of carbonyl (C=O) groups excluding carboxylic acids is 3. The summed E-state index contributed by atoms with van der Waals surface area (Å²) in [5.41, 5.74) is 0.926. The molecule has 1 aromatic rings. The Morgan fingerprint density at radius 1 is 1.04 bits per heavy atom. The SMILES string of the molecule is CC(C)C(=O)NCc1ccc(NC(=O)CNC(=O)OC(C)(C)C)cc1. The minimum Gasteiger partial charge on any atom is -0.444 e. The number of carbonyl (C=O) groups is 3. The third-order valence-corrected chi connectivity index (χ3v) is 3.02. The van der Waals surface area contributed by atoms with Crippen molar-refractivity contribution in [1.29, 1.82) is 0 Å². The number of hydrogen-bond acceptors (Lipinski definition) is 4. The molecule has 0 bridgehead atoms. The number of benzene rings is 1. The van der Waals surface area contributed by atoms with Crippen LogP contribution in [0.3, 0.4) is 0 Å². The smallest absolute Gasteiger partial charge is 0.408 e. The van der Waals surface area contributed by atoms with Gasteiger partial charge in [0.1, 0.15) is 12.1 Å². The Morgan fingerprint density at radius 2 is 1.64 bits per heavy atom. The van der Waals surface area contributed by atoms with Crippen molar-refractivity contribution in [3.8, 4) is 0 Å². The summed E-state index contributed by atoms with van der Waals surface area (Å²) in [4.78, 5) is 34.8. The molecule has 0 heterocycles. The van der Waals surface area contributed by atoms with Gasteiger partial charge in [0.2, 0.25) is 11.8 Å². The van der Waals surface area contributed by atoms with E-state index in [1.165, 1.54) is 0 Å². The molecular formula is C18H27N3O4. The average Bonchev–Trinajstić information content (AvgIpc) is 2.50. The van der Waals surface area contributed by atoms with Crippen LogP contribution in [0.4, 0.5) is 10.5 Å². The zero-order valence-electron chi connectivity index (χ0n) is 15.4. The van der Waals surface area contributed by atoms with E-state index in [1.54, 1.807) is 32.9 Å². The third kappa shape index (κ3) is 8.74. The highest BCUT2D eigenvalue weighted by atomic mass is 16.6. The first-order chi connectivity index (χ1) is 11.6. The first kappa shape index (κ1) is 20.5. The fourth-order valence-corrected chi connectivity index (χ4v) is 1.77. The van der Waals surface area contributed by atoms with Crippen LogP contribution in [0.1, 0.15) is 40.2 Å². The lowest BCUT2D eigenvalue weighted by atomic mass is 10.1. The van der Waals surface area contributed by atoms with Crippen molar-refractivity contribution in [3.63, 3.8) is 0 Å². The minimum absolute atomic E-state index is 0.00871. The predicted molar refractivity (Wildman–Crippen MR) is 96.0 cm³/mol. The molecule has 138 valence electrons. The van der Waals surface area contributed by atoms with Crippen LogP contribution in [0.5, 0.6) is 0 Å². The molecule has 0 aliphatic carbocycles. The first-order valence-corrected chi connectivity index (χ1v) is 8.20. The Balaban J connectivity index is 2.40. The van der Waals surface area contributed by atoms with Gasteiger partial charge in [0.05, 0.1) is 0 Å². The van der Waals surface area contributed by atoms with Crippen molar-refractivity contribution in [3.05, 3.63) is 29.8 Å². The van der Waals surface area contributed by atoms with Crippen LogP contribution in [-0.4, -0.2) is 30.1 Å². The van der Waals surface area contributed by atoms with Crippen LogP contribution >= 0.6 is 0 Å². The second-order valence-electron chi connectivity index (χ2n) is 6.97. The molecule has 0 unspecified atom stereocenters. The van der Waals surface area contributed by atoms with Crippen molar-refractivity contribution in [2.24, 2.45) is 5.92 Å². The number of alkyl carbamates (subject to hydrolysis) is 1. The van der Waals surface area contributed by atoms with E-state index in [2.05, 4.69) is 16.0 Å². The predicted octanol–water partition coefficient (Wildman–Crippen LogP) is 2.42. The zero-order valence-corrected chi connectivity index (χ0v) is 15.4. The molecule has 7 nitrogen and oxygen atoms in total. The summed E-state index contributed by atoms with van der Waals surface area (Å²) in [5.74, 6) is -0.423. The molecule has 3 amide bonds. The molecule has 0 aromatic heterocycles. The van der Waals surface area contributed by atoms with Gasteiger partial charge in [0.15, 0.2) is 0 Å². The van der Waals surface area contributed by atoms with Crippen molar-refractivity contribution in [2.75, 3.05) is 11.9 Å². The maximum atomic E-state index is 11.8. The van der Waals surface area contributed by atoms with Gasteiger partial charge < -0.3 is 20.7 Å². The molecule has 0 aliphatic rings. The minimum atomic E-state index is -0.640. The molecule has 0 spiro atoms. The number of ether oxygens (including phenoxy) is 1. The van der Waals surface area contributed by atoms with E-state index in [1.807, 2.05) is 26.0 Å². The Kier molecular flexibility index (Phi) is 7.42. The molecular weight excluding hydrogens is 322 g/mol. The quantitative estimate of drug-likeness (QED) is 0.735. The van der Waals surface area contributed by atoms with Gasteiger partial charge >= 0.3 is 6.09 Å². The second-order valence-corrected chi connectivity index (χ2v) is 6.97. The van der Waals surface area contributed by atoms with Gasteiger partial charge in [-0.05, 0) is 38.5 Å². The first-order valence-electron chi connectivity index (χ1n) is 8.20. The van der Waals surface area contributed by atoms with Crippen molar-refractivity contribution in [2.45, 2.75) is 46.8 Å². The molecule has 0 saturated heterocycles. The van der Waals surface area contributed by atoms with Gasteiger partial charge in [-0.3, -0.25) is 9.59 Å². The van der Waals surface area contributed by atoms with Crippen LogP contribution in [0.2, 0.25) is 0 Å². The monoisotopic (exact) mass is 349 g/mol. The second kappa shape index (κ2) is 9.05. The van der Waals surface area contributed by atoms with Gasteiger partial charge in [-0.15, -0.1) is 0 Å². The highest BCUT2D eigenvalue weighted by molar-refractivity contribution is 5.93. The molecule has 0 fully saturated rings. The summed E-state index contributed by atoms with van der Waals surface area (Å²) in [6, 6.07) is 7.11. The maximum Gasteiger partial charge on any atom is 0.408 e. The Morgan fingerprint density at radius 3 is 2.16 bits per heavy atom. The van der Waals surface area contributed by atoms with E-state index >= 15 is 0 Å². The number of rotatable bonds is 6. The molecule has 3 N–H and O–H groups in total. The number of nitrogens with one attached hydrogen (secondary N) is 3. The molecule has 25 heavy (non-hydrogen) atoms. The van der Waals surface area contributed by atoms with E-state index in [4.69, 9.17) is 4.74 Å². The van der Waals surface area contributed by atoms with Gasteiger partial charge in [-0.1, -0.05) is 26.0 Å². The Hall–Kier alpha value is -2.57. The molecule has 7 heteroatoms. The summed E-state index contributed by atoms with van der Waals surface area (Å²) < 4.78 is 5.05. The molecule has 1 rings (SSSR count). The van der Waals surface area contributed by atoms with Gasteiger partial charge in [-0.25, -0.2) is 4.79 Å². The van der Waals surface area contributed by atoms with E-state index in [0.717, 1.165) is 5.56 Å². The number of hydrogen-bond donors (Lipinski definition) is 3. The van der Waals surface area contributed by atoms with Gasteiger partial charge in [0.25, 0.3) is 0 Å². The van der Waals surface area contributed by atoms with E-state index in [-0.39, 0.29) is 24.3 Å². The summed E-state index contributed by atoms with van der Waals surface area (Å²) >= 11 is 0. The molecule has 1 aromatic carbocycles. The summed E-state index contributed by atoms with van der Waals surface area (Å²) in [7, 11) is 0. The standard InChI is InChI=1S/C18H27N3O4/c1-12(2)16(23)19-10-13-6-8-14(9-7-13)21-15(22)11-20-17(24)25-18(3,4)5/h6-9,12H,10-11H2,1-5H3,(H,19,23)(H,20,24)(H,21,22). The van der Waals surface area contributed by atoms with E-state index in [0.29, 0.717) is 12.2 Å². The number of amides is 3. The lowest BCUT2D eigenvalue weighted by Gasteiger charge is -2.19. The van der Waals surface area contributed by atoms with Crippen LogP contribution < -0.4 is 16.0 Å². The summed E-state index contributed by atoms with van der Waals surface area (Å²) in [6.45, 7) is 9.17. The number of anilines is 1. The molecule has 0 saturated carbocycles. The van der Waals surface area contributed by atoms with Crippen LogP contribution in [0.15, 0.2) is 24.3 Å². The molecule has 0 atom stereocenters. The fraction of sp³-hybridized carbons (Fsp3) is 0.500. The fourth-order valence-electron chi connectivity index (χ4n) is 1.77. The largest absolute Gasteiger partial charge is 0.444 e. The van der Waals surface area contributed by atoms with Gasteiger partial charge in [0, 0.05) is 18.2 Å². The average molecular weight is 349 g/mol. The normalized spacial score (nSPS) is 11.0. The van der Waals surface area contributed by atoms with Crippen molar-refractivity contribution in [1.82, 2.24) is 10.6 Å². The molecule has 0 radical (unpaired) electrons. The molecule has 0 aliphatic heterocycles. The topological polar surface area (TPSA) is 96.5 Å². The van der Waals surface area contributed by atoms with Crippen molar-refractivity contribution < 1.29 is 19.1 Å². The Bertz CT molecular complexity index is 604. The third-order valence-electron chi connectivity index (χ3n) is 3.02. The highest BCUT2D eigenvalue weighted by Crippen LogP contribution is 2.10. The lowest BCUT2D eigenvalue weighted by Crippen LogP contribution is -2.37. The lowest BCUT2D eigenvalue weighted by molar-refractivity contribution is -0.124. The van der Waals surface area contributed by atoms with Crippen molar-refractivity contribution >= 4 is 23.6 Å². The van der Waals surface area contributed by atoms with Crippen LogP contribution in [0.25, 0.3) is 0 Å². The summed E-state index contributed by atoms with van der Waals surface area (Å²) in [5, 5.41) is 7.89.